The molecule has 0 saturated carbocycles. The molecule has 156 valence electrons. The number of likely N-dealkylation sites (tertiary alicyclic amines) is 1. The highest BCUT2D eigenvalue weighted by molar-refractivity contribution is 5.97. The molecule has 0 amide bonds. The van der Waals surface area contributed by atoms with Crippen molar-refractivity contribution < 1.29 is 53.0 Å². The summed E-state index contributed by atoms with van der Waals surface area (Å²) in [6, 6.07) is -1.64. The maximum atomic E-state index is 13.5. The molecule has 0 spiro atoms. The van der Waals surface area contributed by atoms with E-state index in [0.717, 1.165) is 0 Å². The molecule has 0 bridgehead atoms. The molecule has 1 fully saturated rings. The van der Waals surface area contributed by atoms with Crippen LogP contribution in [0.15, 0.2) is 9.98 Å². The van der Waals surface area contributed by atoms with Gasteiger partial charge in [-0.25, -0.2) is 4.99 Å². The quantitative estimate of drug-likeness (QED) is 0.593. The third-order valence-electron chi connectivity index (χ3n) is 3.75. The predicted molar refractivity (Wildman–Crippen MR) is 67.2 cm³/mol. The summed E-state index contributed by atoms with van der Waals surface area (Å²) in [4.78, 5) is 4.54. The molecule has 4 nitrogen and oxygen atoms in total. The van der Waals surface area contributed by atoms with Gasteiger partial charge >= 0.3 is 30.1 Å². The zero-order valence-corrected chi connectivity index (χ0v) is 12.9. The van der Waals surface area contributed by atoms with Crippen molar-refractivity contribution in [1.29, 1.82) is 0 Å². The normalized spacial score (nSPS) is 22.1. The van der Waals surface area contributed by atoms with Gasteiger partial charge in [-0.15, -0.1) is 0 Å². The number of alkyl halides is 11. The first-order chi connectivity index (χ1) is 12.0. The number of amidine groups is 1. The van der Waals surface area contributed by atoms with Gasteiger partial charge in [0.1, 0.15) is 0 Å². The standard InChI is InChI=1S/C12H10F11N3O/c13-8(14,10(15,16)17)6-24-9(11(18,19)20,12(21,22)23)25-7(27-6)26-4-2-1-3-5-26/h1-5H2. The fraction of sp³-hybridized carbons (Fsp3) is 0.833. The van der Waals surface area contributed by atoms with Crippen LogP contribution in [-0.2, 0) is 4.74 Å². The van der Waals surface area contributed by atoms with Crippen LogP contribution < -0.4 is 0 Å². The van der Waals surface area contributed by atoms with Gasteiger partial charge in [0.2, 0.25) is 0 Å². The molecule has 0 aromatic rings. The summed E-state index contributed by atoms with van der Waals surface area (Å²) in [7, 11) is 0. The number of rotatable bonds is 1. The third-order valence-corrected chi connectivity index (χ3v) is 3.75. The minimum Gasteiger partial charge on any atom is -0.404 e. The van der Waals surface area contributed by atoms with Crippen molar-refractivity contribution in [3.63, 3.8) is 0 Å². The predicted octanol–water partition coefficient (Wildman–Crippen LogP) is 4.28. The second-order valence-electron chi connectivity index (χ2n) is 5.70. The van der Waals surface area contributed by atoms with Crippen molar-refractivity contribution in [1.82, 2.24) is 4.90 Å². The van der Waals surface area contributed by atoms with Crippen molar-refractivity contribution in [2.75, 3.05) is 13.1 Å². The van der Waals surface area contributed by atoms with Crippen molar-refractivity contribution in [3.05, 3.63) is 0 Å². The van der Waals surface area contributed by atoms with Gasteiger partial charge in [-0.3, -0.25) is 0 Å². The summed E-state index contributed by atoms with van der Waals surface area (Å²) in [5, 5.41) is 0. The van der Waals surface area contributed by atoms with Gasteiger partial charge in [-0.1, -0.05) is 0 Å². The zero-order chi connectivity index (χ0) is 20.9. The monoisotopic (exact) mass is 421 g/mol. The first kappa shape index (κ1) is 21.5. The minimum atomic E-state index is -6.54. The van der Waals surface area contributed by atoms with E-state index in [1.54, 1.807) is 4.99 Å². The van der Waals surface area contributed by atoms with Crippen LogP contribution in [0.2, 0.25) is 0 Å². The van der Waals surface area contributed by atoms with Crippen LogP contribution in [0.3, 0.4) is 0 Å². The molecule has 0 radical (unpaired) electrons. The molecular weight excluding hydrogens is 411 g/mol. The first-order valence-corrected chi connectivity index (χ1v) is 7.24. The molecular formula is C12H10F11N3O. The summed E-state index contributed by atoms with van der Waals surface area (Å²) in [6.45, 7) is -0.481. The Morgan fingerprint density at radius 1 is 0.741 bits per heavy atom. The van der Waals surface area contributed by atoms with Crippen molar-refractivity contribution in [2.45, 2.75) is 49.4 Å². The van der Waals surface area contributed by atoms with Gasteiger partial charge in [0.25, 0.3) is 11.9 Å². The Kier molecular flexibility index (Phi) is 5.06. The fourth-order valence-electron chi connectivity index (χ4n) is 2.33. The smallest absolute Gasteiger partial charge is 0.404 e. The van der Waals surface area contributed by atoms with E-state index in [1.807, 2.05) is 0 Å². The number of ether oxygens (including phenoxy) is 1. The summed E-state index contributed by atoms with van der Waals surface area (Å²) in [5.41, 5.74) is -5.55. The highest BCUT2D eigenvalue weighted by Crippen LogP contribution is 2.50. The Bertz CT molecular complexity index is 612. The summed E-state index contributed by atoms with van der Waals surface area (Å²) >= 11 is 0. The zero-order valence-electron chi connectivity index (χ0n) is 12.9. The molecule has 27 heavy (non-hydrogen) atoms. The van der Waals surface area contributed by atoms with Gasteiger partial charge in [0, 0.05) is 13.1 Å². The van der Waals surface area contributed by atoms with Gasteiger partial charge < -0.3 is 9.64 Å². The Morgan fingerprint density at radius 2 is 1.22 bits per heavy atom. The molecule has 0 aliphatic carbocycles. The molecule has 0 aromatic carbocycles. The van der Waals surface area contributed by atoms with E-state index in [0.29, 0.717) is 11.3 Å². The van der Waals surface area contributed by atoms with Crippen LogP contribution in [0, 0.1) is 0 Å². The molecule has 0 aromatic heterocycles. The maximum absolute atomic E-state index is 13.5. The minimum absolute atomic E-state index is 0.232. The molecule has 0 unspecified atom stereocenters. The van der Waals surface area contributed by atoms with E-state index in [9.17, 15) is 48.3 Å². The first-order valence-electron chi connectivity index (χ1n) is 7.24. The van der Waals surface area contributed by atoms with Crippen LogP contribution in [0.4, 0.5) is 48.3 Å². The highest BCUT2D eigenvalue weighted by Gasteiger charge is 2.76. The molecule has 1 saturated heterocycles. The van der Waals surface area contributed by atoms with Crippen molar-refractivity contribution in [3.8, 4) is 0 Å². The largest absolute Gasteiger partial charge is 0.463 e. The van der Waals surface area contributed by atoms with Crippen molar-refractivity contribution >= 4 is 11.9 Å². The SMILES string of the molecule is FC(F)(F)C(F)(F)C1=NC(C(F)(F)F)(C(F)(F)F)N=C(N2CCCCC2)O1. The lowest BCUT2D eigenvalue weighted by molar-refractivity contribution is -0.296. The lowest BCUT2D eigenvalue weighted by Crippen LogP contribution is -2.61. The van der Waals surface area contributed by atoms with Gasteiger partial charge in [0.05, 0.1) is 0 Å². The molecule has 15 heteroatoms. The molecule has 0 N–H and O–H groups in total. The summed E-state index contributed by atoms with van der Waals surface area (Å²) < 4.78 is 147. The van der Waals surface area contributed by atoms with E-state index < -0.39 is 42.0 Å². The van der Waals surface area contributed by atoms with Crippen molar-refractivity contribution in [2.24, 2.45) is 9.98 Å². The molecule has 0 atom stereocenters. The topological polar surface area (TPSA) is 37.2 Å². The van der Waals surface area contributed by atoms with Crippen LogP contribution in [0.25, 0.3) is 0 Å². The summed E-state index contributed by atoms with van der Waals surface area (Å²) in [5.74, 6) is -9.27. The summed E-state index contributed by atoms with van der Waals surface area (Å²) in [6.07, 6.45) is -18.5. The van der Waals surface area contributed by atoms with Gasteiger partial charge in [0.15, 0.2) is 0 Å². The second-order valence-corrected chi connectivity index (χ2v) is 5.70. The Morgan fingerprint density at radius 3 is 1.63 bits per heavy atom. The number of piperidine rings is 1. The molecule has 2 heterocycles. The average Bonchev–Trinajstić information content (AvgIpc) is 2.52. The highest BCUT2D eigenvalue weighted by atomic mass is 19.4. The van der Waals surface area contributed by atoms with Crippen LogP contribution in [0.5, 0.6) is 0 Å². The molecule has 2 rings (SSSR count). The third kappa shape index (κ3) is 3.63. The van der Waals surface area contributed by atoms with E-state index in [2.05, 4.69) is 9.73 Å². The molecule has 2 aliphatic heterocycles. The molecule has 2 aliphatic rings. The van der Waals surface area contributed by atoms with Gasteiger partial charge in [-0.05, 0) is 19.3 Å². The van der Waals surface area contributed by atoms with Crippen LogP contribution in [0.1, 0.15) is 19.3 Å². The van der Waals surface area contributed by atoms with Crippen LogP contribution >= 0.6 is 0 Å². The van der Waals surface area contributed by atoms with E-state index in [1.165, 1.54) is 0 Å². The number of aliphatic imine (C=N–C) groups is 2. The van der Waals surface area contributed by atoms with E-state index >= 15 is 0 Å². The Hall–Kier alpha value is -1.83. The van der Waals surface area contributed by atoms with E-state index in [4.69, 9.17) is 0 Å². The maximum Gasteiger partial charge on any atom is 0.463 e. The number of nitrogens with zero attached hydrogens (tertiary/aromatic N) is 3. The van der Waals surface area contributed by atoms with Gasteiger partial charge in [-0.2, -0.15) is 53.3 Å². The number of hydrogen-bond acceptors (Lipinski definition) is 4. The Labute approximate surface area is 143 Å². The number of halogens is 11. The average molecular weight is 421 g/mol. The lowest BCUT2D eigenvalue weighted by atomic mass is 10.1. The fourth-order valence-corrected chi connectivity index (χ4v) is 2.33. The number of hydrogen-bond donors (Lipinski definition) is 0. The second kappa shape index (κ2) is 6.36. The van der Waals surface area contributed by atoms with Crippen LogP contribution in [-0.4, -0.2) is 60.0 Å². The Balaban J connectivity index is 2.68. The lowest BCUT2D eigenvalue weighted by Gasteiger charge is -2.38. The van der Waals surface area contributed by atoms with E-state index in [-0.39, 0.29) is 25.9 Å².